The molecule has 0 radical (unpaired) electrons. The Morgan fingerprint density at radius 1 is 1.20 bits per heavy atom. The van der Waals surface area contributed by atoms with Crippen molar-refractivity contribution < 1.29 is 18.3 Å². The molecule has 2 aromatic carbocycles. The summed E-state index contributed by atoms with van der Waals surface area (Å²) in [6, 6.07) is 9.37. The van der Waals surface area contributed by atoms with Crippen LogP contribution < -0.4 is 4.72 Å². The molecule has 3 rings (SSSR count). The van der Waals surface area contributed by atoms with Gasteiger partial charge in [0.05, 0.1) is 10.5 Å². The van der Waals surface area contributed by atoms with Gasteiger partial charge in [0.2, 0.25) is 10.0 Å². The third kappa shape index (κ3) is 3.99. The van der Waals surface area contributed by atoms with Crippen LogP contribution in [-0.2, 0) is 22.9 Å². The van der Waals surface area contributed by atoms with Gasteiger partial charge in [0.15, 0.2) is 0 Å². The summed E-state index contributed by atoms with van der Waals surface area (Å²) in [6.45, 7) is 0. The highest BCUT2D eigenvalue weighted by Gasteiger charge is 2.27. The third-order valence-electron chi connectivity index (χ3n) is 4.23. The SMILES string of the molecule is O=C(O)c1c(I)ccc2c1CCC(NS(=O)(=O)c1ccc(Cl)cc1)C2. The largest absolute Gasteiger partial charge is 0.478 e. The van der Waals surface area contributed by atoms with E-state index in [0.29, 0.717) is 33.4 Å². The molecule has 2 N–H and O–H groups in total. The molecule has 1 atom stereocenters. The van der Waals surface area contributed by atoms with Gasteiger partial charge < -0.3 is 5.11 Å². The number of carboxylic acid groups (broad SMARTS) is 1. The van der Waals surface area contributed by atoms with Crippen LogP contribution in [0, 0.1) is 3.57 Å². The zero-order chi connectivity index (χ0) is 18.2. The predicted molar refractivity (Wildman–Crippen MR) is 104 cm³/mol. The number of carbonyl (C=O) groups is 1. The number of nitrogens with one attached hydrogen (secondary N) is 1. The topological polar surface area (TPSA) is 83.5 Å². The Hall–Kier alpha value is -1.16. The molecule has 0 aliphatic heterocycles. The third-order valence-corrected chi connectivity index (χ3v) is 6.92. The van der Waals surface area contributed by atoms with Crippen LogP contribution in [0.4, 0.5) is 0 Å². The van der Waals surface area contributed by atoms with Gasteiger partial charge in [-0.25, -0.2) is 17.9 Å². The van der Waals surface area contributed by atoms with Gasteiger partial charge in [-0.3, -0.25) is 0 Å². The van der Waals surface area contributed by atoms with Crippen molar-refractivity contribution in [2.45, 2.75) is 30.2 Å². The molecule has 0 fully saturated rings. The number of hydrogen-bond acceptors (Lipinski definition) is 3. The van der Waals surface area contributed by atoms with Crippen LogP contribution in [0.2, 0.25) is 5.02 Å². The number of fused-ring (bicyclic) bond motifs is 1. The molecule has 8 heteroatoms. The molecule has 132 valence electrons. The summed E-state index contributed by atoms with van der Waals surface area (Å²) in [5, 5.41) is 9.89. The van der Waals surface area contributed by atoms with Gasteiger partial charge in [-0.1, -0.05) is 17.7 Å². The van der Waals surface area contributed by atoms with Gasteiger partial charge in [0, 0.05) is 14.6 Å². The molecular formula is C17H15ClINO4S. The Balaban J connectivity index is 1.83. The van der Waals surface area contributed by atoms with Crippen LogP contribution in [-0.4, -0.2) is 25.5 Å². The average Bonchev–Trinajstić information content (AvgIpc) is 2.54. The fourth-order valence-corrected chi connectivity index (χ4v) is 5.19. The van der Waals surface area contributed by atoms with Gasteiger partial charge in [-0.05, 0) is 83.3 Å². The minimum Gasteiger partial charge on any atom is -0.478 e. The van der Waals surface area contributed by atoms with E-state index in [4.69, 9.17) is 11.6 Å². The van der Waals surface area contributed by atoms with Crippen molar-refractivity contribution in [3.63, 3.8) is 0 Å². The van der Waals surface area contributed by atoms with Crippen LogP contribution in [0.15, 0.2) is 41.3 Å². The highest BCUT2D eigenvalue weighted by Crippen LogP contribution is 2.29. The van der Waals surface area contributed by atoms with E-state index in [0.717, 1.165) is 11.1 Å². The highest BCUT2D eigenvalue weighted by atomic mass is 127. The zero-order valence-corrected chi connectivity index (χ0v) is 16.7. The predicted octanol–water partition coefficient (Wildman–Crippen LogP) is 3.48. The Labute approximate surface area is 164 Å². The molecule has 5 nitrogen and oxygen atoms in total. The van der Waals surface area contributed by atoms with Crippen LogP contribution in [0.25, 0.3) is 0 Å². The summed E-state index contributed by atoms with van der Waals surface area (Å²) in [7, 11) is -3.64. The molecule has 1 unspecified atom stereocenters. The Kier molecular flexibility index (Phi) is 5.38. The van der Waals surface area contributed by atoms with Gasteiger partial charge in [0.25, 0.3) is 0 Å². The molecule has 0 saturated heterocycles. The first-order valence-corrected chi connectivity index (χ1v) is 10.5. The quantitative estimate of drug-likeness (QED) is 0.642. The second-order valence-corrected chi connectivity index (χ2v) is 9.19. The normalized spacial score (nSPS) is 17.1. The zero-order valence-electron chi connectivity index (χ0n) is 13.0. The lowest BCUT2D eigenvalue weighted by atomic mass is 9.86. The lowest BCUT2D eigenvalue weighted by Crippen LogP contribution is -2.39. The van der Waals surface area contributed by atoms with Crippen LogP contribution >= 0.6 is 34.2 Å². The first-order valence-electron chi connectivity index (χ1n) is 7.59. The fourth-order valence-electron chi connectivity index (χ4n) is 3.06. The fraction of sp³-hybridized carbons (Fsp3) is 0.235. The van der Waals surface area contributed by atoms with Crippen molar-refractivity contribution in [2.24, 2.45) is 0 Å². The molecule has 0 aromatic heterocycles. The monoisotopic (exact) mass is 491 g/mol. The molecule has 0 saturated carbocycles. The van der Waals surface area contributed by atoms with Gasteiger partial charge >= 0.3 is 5.97 Å². The summed E-state index contributed by atoms with van der Waals surface area (Å²) < 4.78 is 28.4. The molecule has 1 aliphatic rings. The maximum absolute atomic E-state index is 12.5. The lowest BCUT2D eigenvalue weighted by Gasteiger charge is -2.26. The second kappa shape index (κ2) is 7.22. The van der Waals surface area contributed by atoms with Gasteiger partial charge in [-0.15, -0.1) is 0 Å². The van der Waals surface area contributed by atoms with Gasteiger partial charge in [-0.2, -0.15) is 0 Å². The standard InChI is InChI=1S/C17H15ClINO4S/c18-11-2-5-13(6-3-11)25(23,24)20-12-4-7-14-10(9-12)1-8-15(19)16(14)17(21)22/h1-3,5-6,8,12,20H,4,7,9H2,(H,21,22). The van der Waals surface area contributed by atoms with E-state index in [-0.39, 0.29) is 10.9 Å². The first kappa shape index (κ1) is 18.6. The number of rotatable bonds is 4. The van der Waals surface area contributed by atoms with E-state index in [1.165, 1.54) is 24.3 Å². The molecule has 2 aromatic rings. The van der Waals surface area contributed by atoms with E-state index in [2.05, 4.69) is 4.72 Å². The minimum absolute atomic E-state index is 0.163. The molecule has 0 heterocycles. The van der Waals surface area contributed by atoms with Crippen molar-refractivity contribution in [3.8, 4) is 0 Å². The second-order valence-electron chi connectivity index (χ2n) is 5.88. The van der Waals surface area contributed by atoms with Crippen LogP contribution in [0.3, 0.4) is 0 Å². The van der Waals surface area contributed by atoms with Crippen LogP contribution in [0.1, 0.15) is 27.9 Å². The van der Waals surface area contributed by atoms with E-state index in [9.17, 15) is 18.3 Å². The summed E-state index contributed by atoms with van der Waals surface area (Å²) >= 11 is 7.82. The molecule has 25 heavy (non-hydrogen) atoms. The lowest BCUT2D eigenvalue weighted by molar-refractivity contribution is 0.0694. The Morgan fingerprint density at radius 2 is 1.88 bits per heavy atom. The number of benzene rings is 2. The summed E-state index contributed by atoms with van der Waals surface area (Å²) in [4.78, 5) is 11.7. The first-order chi connectivity index (χ1) is 11.8. The van der Waals surface area contributed by atoms with Crippen LogP contribution in [0.5, 0.6) is 0 Å². The minimum atomic E-state index is -3.64. The highest BCUT2D eigenvalue weighted by molar-refractivity contribution is 14.1. The van der Waals surface area contributed by atoms with Gasteiger partial charge in [0.1, 0.15) is 0 Å². The number of sulfonamides is 1. The summed E-state index contributed by atoms with van der Waals surface area (Å²) in [6.07, 6.45) is 1.56. The average molecular weight is 492 g/mol. The maximum atomic E-state index is 12.5. The summed E-state index contributed by atoms with van der Waals surface area (Å²) in [5.74, 6) is -0.943. The Morgan fingerprint density at radius 3 is 2.52 bits per heavy atom. The van der Waals surface area contributed by atoms with Crippen molar-refractivity contribution in [3.05, 3.63) is 61.7 Å². The van der Waals surface area contributed by atoms with E-state index in [1.54, 1.807) is 6.07 Å². The number of carboxylic acids is 1. The summed E-state index contributed by atoms with van der Waals surface area (Å²) in [5.41, 5.74) is 2.02. The maximum Gasteiger partial charge on any atom is 0.337 e. The molecule has 1 aliphatic carbocycles. The van der Waals surface area contributed by atoms with Crippen molar-refractivity contribution in [1.29, 1.82) is 0 Å². The molecular weight excluding hydrogens is 477 g/mol. The van der Waals surface area contributed by atoms with Crippen molar-refractivity contribution >= 4 is 50.2 Å². The van der Waals surface area contributed by atoms with Crippen molar-refractivity contribution in [2.75, 3.05) is 0 Å². The molecule has 0 amide bonds. The van der Waals surface area contributed by atoms with E-state index >= 15 is 0 Å². The smallest absolute Gasteiger partial charge is 0.337 e. The van der Waals surface area contributed by atoms with E-state index < -0.39 is 16.0 Å². The van der Waals surface area contributed by atoms with E-state index in [1.807, 2.05) is 28.7 Å². The number of aromatic carboxylic acids is 1. The molecule has 0 bridgehead atoms. The number of halogens is 2. The Bertz CT molecular complexity index is 928. The van der Waals surface area contributed by atoms with Crippen molar-refractivity contribution in [1.82, 2.24) is 4.72 Å². The number of hydrogen-bond donors (Lipinski definition) is 2. The molecule has 0 spiro atoms.